The fraction of sp³-hybridized carbons (Fsp3) is 0.0526. The van der Waals surface area contributed by atoms with Gasteiger partial charge in [-0.2, -0.15) is 0 Å². The largest absolute Gasteiger partial charge is 0.466 e. The maximum atomic E-state index is 12.4. The van der Waals surface area contributed by atoms with Crippen LogP contribution < -0.4 is 15.8 Å². The van der Waals surface area contributed by atoms with Crippen LogP contribution in [0.1, 0.15) is 11.1 Å². The summed E-state index contributed by atoms with van der Waals surface area (Å²) in [5, 5.41) is 10.8. The van der Waals surface area contributed by atoms with Gasteiger partial charge >= 0.3 is 5.97 Å². The highest BCUT2D eigenvalue weighted by atomic mass is 32.2. The molecule has 0 spiro atoms. The summed E-state index contributed by atoms with van der Waals surface area (Å²) in [5.41, 5.74) is 2.87. The molecule has 0 aliphatic carbocycles. The summed E-state index contributed by atoms with van der Waals surface area (Å²) in [7, 11) is -2.49. The molecule has 0 radical (unpaired) electrons. The van der Waals surface area contributed by atoms with Gasteiger partial charge in [-0.25, -0.2) is 18.4 Å². The van der Waals surface area contributed by atoms with Gasteiger partial charge in [-0.05, 0) is 42.0 Å². The van der Waals surface area contributed by atoms with Gasteiger partial charge in [0.15, 0.2) is 0 Å². The zero-order valence-electron chi connectivity index (χ0n) is 14.8. The lowest BCUT2D eigenvalue weighted by Crippen LogP contribution is -2.11. The number of carbonyl (C=O) groups is 2. The van der Waals surface area contributed by atoms with E-state index in [1.54, 1.807) is 24.3 Å². The Bertz CT molecular complexity index is 1100. The van der Waals surface area contributed by atoms with Gasteiger partial charge in [0, 0.05) is 29.2 Å². The van der Waals surface area contributed by atoms with E-state index in [0.717, 1.165) is 0 Å². The van der Waals surface area contributed by atoms with Crippen LogP contribution in [0.25, 0.3) is 11.6 Å². The van der Waals surface area contributed by atoms with Crippen molar-refractivity contribution >= 4 is 44.9 Å². The number of benzene rings is 2. The zero-order chi connectivity index (χ0) is 20.3. The molecule has 0 saturated heterocycles. The van der Waals surface area contributed by atoms with Gasteiger partial charge < -0.3 is 15.4 Å². The number of esters is 1. The number of fused-ring (bicyclic) bond motifs is 1. The number of hydrogen-bond acceptors (Lipinski definition) is 6. The normalized spacial score (nSPS) is 14.8. The Balaban J connectivity index is 1.91. The number of anilines is 2. The highest BCUT2D eigenvalue weighted by Crippen LogP contribution is 2.35. The Morgan fingerprint density at radius 1 is 1.18 bits per heavy atom. The van der Waals surface area contributed by atoms with Crippen molar-refractivity contribution in [1.29, 1.82) is 0 Å². The smallest absolute Gasteiger partial charge is 0.330 e. The molecule has 0 bridgehead atoms. The third-order valence-electron chi connectivity index (χ3n) is 4.03. The third-order valence-corrected chi connectivity index (χ3v) is 4.95. The molecule has 1 aliphatic heterocycles. The second-order valence-corrected chi connectivity index (χ2v) is 7.41. The van der Waals surface area contributed by atoms with Crippen molar-refractivity contribution in [3.63, 3.8) is 0 Å². The number of methoxy groups -OCH3 is 1. The molecule has 3 rings (SSSR count). The summed E-state index contributed by atoms with van der Waals surface area (Å²) in [5.74, 6) is -0.809. The lowest BCUT2D eigenvalue weighted by atomic mass is 10.0. The minimum Gasteiger partial charge on any atom is -0.466 e. The van der Waals surface area contributed by atoms with E-state index in [0.29, 0.717) is 28.1 Å². The Labute approximate surface area is 161 Å². The maximum Gasteiger partial charge on any atom is 0.330 e. The molecule has 1 heterocycles. The number of nitrogens with one attached hydrogen (secondary N) is 2. The summed E-state index contributed by atoms with van der Waals surface area (Å²) >= 11 is 0. The van der Waals surface area contributed by atoms with Gasteiger partial charge in [-0.15, -0.1) is 0 Å². The van der Waals surface area contributed by atoms with Gasteiger partial charge in [0.2, 0.25) is 10.0 Å². The topological polar surface area (TPSA) is 128 Å². The average molecular weight is 399 g/mol. The van der Waals surface area contributed by atoms with E-state index in [2.05, 4.69) is 15.4 Å². The number of rotatable bonds is 5. The molecular formula is C19H17N3O5S. The Hall–Kier alpha value is -3.43. The predicted octanol–water partition coefficient (Wildman–Crippen LogP) is 1.93. The number of primary sulfonamides is 1. The van der Waals surface area contributed by atoms with Crippen molar-refractivity contribution in [2.24, 2.45) is 5.14 Å². The van der Waals surface area contributed by atoms with E-state index in [1.165, 1.54) is 43.7 Å². The summed E-state index contributed by atoms with van der Waals surface area (Å²) < 4.78 is 27.2. The summed E-state index contributed by atoms with van der Waals surface area (Å²) in [6, 6.07) is 11.1. The first-order valence-corrected chi connectivity index (χ1v) is 9.64. The molecule has 4 N–H and O–H groups in total. The number of ether oxygens (including phenoxy) is 1. The molecule has 9 heteroatoms. The molecule has 1 amide bonds. The summed E-state index contributed by atoms with van der Waals surface area (Å²) in [6.45, 7) is 0. The van der Waals surface area contributed by atoms with Gasteiger partial charge in [0.05, 0.1) is 17.6 Å². The van der Waals surface area contributed by atoms with Crippen molar-refractivity contribution in [3.8, 4) is 0 Å². The van der Waals surface area contributed by atoms with Crippen molar-refractivity contribution in [3.05, 3.63) is 65.9 Å². The molecule has 8 nitrogen and oxygen atoms in total. The maximum absolute atomic E-state index is 12.4. The van der Waals surface area contributed by atoms with Crippen molar-refractivity contribution in [2.75, 3.05) is 17.7 Å². The minimum absolute atomic E-state index is 0.00936. The molecule has 1 aliphatic rings. The summed E-state index contributed by atoms with van der Waals surface area (Å²) in [4.78, 5) is 23.7. The quantitative estimate of drug-likeness (QED) is 0.521. The van der Waals surface area contributed by atoms with Crippen LogP contribution in [-0.4, -0.2) is 27.4 Å². The van der Waals surface area contributed by atoms with Crippen molar-refractivity contribution in [2.45, 2.75) is 4.90 Å². The van der Waals surface area contributed by atoms with E-state index < -0.39 is 16.0 Å². The first kappa shape index (κ1) is 19.3. The van der Waals surface area contributed by atoms with Crippen molar-refractivity contribution in [1.82, 2.24) is 0 Å². The summed E-state index contributed by atoms with van der Waals surface area (Å²) in [6.07, 6.45) is 4.36. The standard InChI is InChI=1S/C19H17N3O5S/c1-27-17(23)10-5-12-3-2-4-16-18(12)15(19(24)22-16)11-21-13-6-8-14(9-7-13)28(20,25)26/h2-11,21H,1H3,(H,22,24)(H2,20,25,26)/b10-5?,15-11-. The fourth-order valence-corrected chi connectivity index (χ4v) is 3.19. The second kappa shape index (κ2) is 7.67. The predicted molar refractivity (Wildman–Crippen MR) is 106 cm³/mol. The van der Waals surface area contributed by atoms with Crippen molar-refractivity contribution < 1.29 is 22.7 Å². The third kappa shape index (κ3) is 4.11. The zero-order valence-corrected chi connectivity index (χ0v) is 15.6. The van der Waals surface area contributed by atoms with E-state index in [-0.39, 0.29) is 10.8 Å². The van der Waals surface area contributed by atoms with Gasteiger partial charge in [0.1, 0.15) is 0 Å². The molecule has 0 unspecified atom stereocenters. The minimum atomic E-state index is -3.77. The monoisotopic (exact) mass is 399 g/mol. The van der Waals surface area contributed by atoms with Crippen LogP contribution in [0.5, 0.6) is 0 Å². The molecule has 28 heavy (non-hydrogen) atoms. The number of nitrogens with two attached hydrogens (primary N) is 1. The molecular weight excluding hydrogens is 382 g/mol. The Morgan fingerprint density at radius 3 is 2.54 bits per heavy atom. The molecule has 0 fully saturated rings. The first-order valence-electron chi connectivity index (χ1n) is 8.10. The van der Waals surface area contributed by atoms with Crippen LogP contribution in [0, 0.1) is 0 Å². The van der Waals surface area contributed by atoms with E-state index in [1.807, 2.05) is 0 Å². The fourth-order valence-electron chi connectivity index (χ4n) is 2.68. The van der Waals surface area contributed by atoms with Crippen LogP contribution in [0.15, 0.2) is 59.6 Å². The molecule has 0 atom stereocenters. The first-order chi connectivity index (χ1) is 13.3. The molecule has 2 aromatic carbocycles. The number of hydrogen-bond donors (Lipinski definition) is 3. The molecule has 2 aromatic rings. The molecule has 0 aromatic heterocycles. The Morgan fingerprint density at radius 2 is 1.89 bits per heavy atom. The van der Waals surface area contributed by atoms with Crippen LogP contribution in [-0.2, 0) is 24.3 Å². The Kier molecular flexibility index (Phi) is 5.30. The van der Waals surface area contributed by atoms with Crippen LogP contribution in [0.4, 0.5) is 11.4 Å². The van der Waals surface area contributed by atoms with Crippen LogP contribution in [0.2, 0.25) is 0 Å². The number of amides is 1. The van der Waals surface area contributed by atoms with E-state index in [9.17, 15) is 18.0 Å². The van der Waals surface area contributed by atoms with Gasteiger partial charge in [-0.3, -0.25) is 4.79 Å². The van der Waals surface area contributed by atoms with Gasteiger partial charge in [-0.1, -0.05) is 12.1 Å². The van der Waals surface area contributed by atoms with Gasteiger partial charge in [0.25, 0.3) is 5.91 Å². The lowest BCUT2D eigenvalue weighted by Gasteiger charge is -2.06. The lowest BCUT2D eigenvalue weighted by molar-refractivity contribution is -0.134. The number of carbonyl (C=O) groups excluding carboxylic acids is 2. The second-order valence-electron chi connectivity index (χ2n) is 5.85. The van der Waals surface area contributed by atoms with E-state index in [4.69, 9.17) is 5.14 Å². The highest BCUT2D eigenvalue weighted by Gasteiger charge is 2.26. The molecule has 0 saturated carbocycles. The van der Waals surface area contributed by atoms with Crippen LogP contribution >= 0.6 is 0 Å². The van der Waals surface area contributed by atoms with E-state index >= 15 is 0 Å². The molecule has 144 valence electrons. The highest BCUT2D eigenvalue weighted by molar-refractivity contribution is 7.89. The van der Waals surface area contributed by atoms with Crippen LogP contribution in [0.3, 0.4) is 0 Å². The average Bonchev–Trinajstić information content (AvgIpc) is 2.99. The number of sulfonamides is 1. The SMILES string of the molecule is COC(=O)C=Cc1cccc2c1/C(=C/Nc1ccc(S(N)(=O)=O)cc1)C(=O)N2.